The summed E-state index contributed by atoms with van der Waals surface area (Å²) in [5, 5.41) is 11.5. The summed E-state index contributed by atoms with van der Waals surface area (Å²) in [5.74, 6) is -0.169. The third-order valence-corrected chi connectivity index (χ3v) is 4.42. The van der Waals surface area contributed by atoms with E-state index in [0.717, 1.165) is 18.4 Å². The fraction of sp³-hybridized carbons (Fsp3) is 0.333. The van der Waals surface area contributed by atoms with Crippen LogP contribution in [0.2, 0.25) is 0 Å². The van der Waals surface area contributed by atoms with Crippen LogP contribution < -0.4 is 15.0 Å². The Labute approximate surface area is 168 Å². The highest BCUT2D eigenvalue weighted by atomic mass is 16.6. The van der Waals surface area contributed by atoms with E-state index in [9.17, 15) is 19.7 Å². The summed E-state index contributed by atoms with van der Waals surface area (Å²) in [7, 11) is 1.45. The lowest BCUT2D eigenvalue weighted by atomic mass is 10.1. The number of aryl methyl sites for hydroxylation is 1. The molecule has 0 amide bonds. The number of non-ortho nitro benzene ring substituents is 1. The van der Waals surface area contributed by atoms with Crippen molar-refractivity contribution in [3.8, 4) is 11.5 Å². The average Bonchev–Trinajstić information content (AvgIpc) is 2.67. The number of fused-ring (bicyclic) bond motifs is 1. The van der Waals surface area contributed by atoms with Gasteiger partial charge in [-0.15, -0.1) is 0 Å². The molecular weight excluding hydrogens is 376 g/mol. The predicted molar refractivity (Wildman–Crippen MR) is 110 cm³/mol. The molecule has 0 radical (unpaired) electrons. The Kier molecular flexibility index (Phi) is 7.30. The average molecular weight is 400 g/mol. The molecule has 0 aliphatic heterocycles. The fourth-order valence-corrected chi connectivity index (χ4v) is 2.84. The molecule has 1 aromatic heterocycles. The number of nitrogens with zero attached hydrogens (tertiary/aromatic N) is 2. The number of carbonyl (C=O) groups excluding carboxylic acids is 1. The van der Waals surface area contributed by atoms with E-state index in [1.165, 1.54) is 35.4 Å². The molecule has 0 atom stereocenters. The van der Waals surface area contributed by atoms with E-state index in [0.29, 0.717) is 10.9 Å². The maximum Gasteiger partial charge on any atom is 0.298 e. The normalized spacial score (nSPS) is 11.2. The van der Waals surface area contributed by atoms with Gasteiger partial charge in [0.2, 0.25) is 5.75 Å². The second-order valence-corrected chi connectivity index (χ2v) is 6.88. The van der Waals surface area contributed by atoms with Crippen LogP contribution in [0.15, 0.2) is 46.3 Å². The van der Waals surface area contributed by atoms with Crippen molar-refractivity contribution in [2.45, 2.75) is 33.6 Å². The van der Waals surface area contributed by atoms with Gasteiger partial charge in [0.15, 0.2) is 5.75 Å². The standard InChI is InChI=1S/C21H24N2O6/c1-14(2)6-5-7-15(3)10-11-28-19-17-9-8-16(23(26)27)12-18(17)22(4)21(25)20(19)29-13-24/h6,8-10,12-13H,5,7,11H2,1-4H3/b15-10+. The predicted octanol–water partition coefficient (Wildman–Crippen LogP) is 4.05. The van der Waals surface area contributed by atoms with Crippen molar-refractivity contribution in [2.75, 3.05) is 6.61 Å². The van der Waals surface area contributed by atoms with E-state index in [4.69, 9.17) is 9.47 Å². The van der Waals surface area contributed by atoms with Crippen molar-refractivity contribution >= 4 is 23.1 Å². The first-order valence-corrected chi connectivity index (χ1v) is 9.09. The van der Waals surface area contributed by atoms with Crippen LogP contribution >= 0.6 is 0 Å². The highest BCUT2D eigenvalue weighted by Crippen LogP contribution is 2.34. The van der Waals surface area contributed by atoms with Crippen molar-refractivity contribution in [1.82, 2.24) is 4.57 Å². The molecule has 0 N–H and O–H groups in total. The monoisotopic (exact) mass is 400 g/mol. The number of ether oxygens (including phenoxy) is 2. The minimum Gasteiger partial charge on any atom is -0.485 e. The fourth-order valence-electron chi connectivity index (χ4n) is 2.84. The van der Waals surface area contributed by atoms with Crippen molar-refractivity contribution in [1.29, 1.82) is 0 Å². The Bertz CT molecular complexity index is 1050. The molecule has 154 valence electrons. The quantitative estimate of drug-likeness (QED) is 0.272. The molecule has 0 spiro atoms. The summed E-state index contributed by atoms with van der Waals surface area (Å²) in [6, 6.07) is 4.07. The SMILES string of the molecule is CC(C)=CCC/C(C)=C/COc1c(OC=O)c(=O)n(C)c2cc([N+](=O)[O-])ccc12. The summed E-state index contributed by atoms with van der Waals surface area (Å²) < 4.78 is 11.8. The lowest BCUT2D eigenvalue weighted by Gasteiger charge is -2.14. The molecule has 1 aromatic carbocycles. The summed E-state index contributed by atoms with van der Waals surface area (Å²) in [4.78, 5) is 34.0. The van der Waals surface area contributed by atoms with Crippen LogP contribution in [0.4, 0.5) is 5.69 Å². The first-order valence-electron chi connectivity index (χ1n) is 9.09. The van der Waals surface area contributed by atoms with E-state index in [2.05, 4.69) is 6.08 Å². The number of rotatable bonds is 9. The number of hydrogen-bond donors (Lipinski definition) is 0. The van der Waals surface area contributed by atoms with Gasteiger partial charge in [0.25, 0.3) is 17.7 Å². The van der Waals surface area contributed by atoms with Gasteiger partial charge in [-0.3, -0.25) is 19.7 Å². The molecule has 0 bridgehead atoms. The van der Waals surface area contributed by atoms with E-state index in [1.54, 1.807) is 0 Å². The second kappa shape index (κ2) is 9.68. The topological polar surface area (TPSA) is 101 Å². The van der Waals surface area contributed by atoms with Crippen LogP contribution in [0.25, 0.3) is 10.9 Å². The highest BCUT2D eigenvalue weighted by Gasteiger charge is 2.20. The van der Waals surface area contributed by atoms with Crippen LogP contribution in [-0.4, -0.2) is 22.6 Å². The summed E-state index contributed by atoms with van der Waals surface area (Å²) in [5.41, 5.74) is 1.90. The van der Waals surface area contributed by atoms with Gasteiger partial charge in [0.05, 0.1) is 10.4 Å². The van der Waals surface area contributed by atoms with Gasteiger partial charge >= 0.3 is 0 Å². The van der Waals surface area contributed by atoms with Crippen LogP contribution in [0, 0.1) is 10.1 Å². The van der Waals surface area contributed by atoms with Crippen molar-refractivity contribution in [3.05, 3.63) is 62.0 Å². The van der Waals surface area contributed by atoms with Crippen LogP contribution in [-0.2, 0) is 11.8 Å². The van der Waals surface area contributed by atoms with Gasteiger partial charge in [-0.25, -0.2) is 0 Å². The van der Waals surface area contributed by atoms with Gasteiger partial charge in [0, 0.05) is 24.6 Å². The van der Waals surface area contributed by atoms with E-state index in [1.807, 2.05) is 26.8 Å². The molecular formula is C21H24N2O6. The molecule has 1 heterocycles. The van der Waals surface area contributed by atoms with Crippen molar-refractivity contribution in [2.24, 2.45) is 7.05 Å². The van der Waals surface area contributed by atoms with E-state index >= 15 is 0 Å². The van der Waals surface area contributed by atoms with Crippen molar-refractivity contribution < 1.29 is 19.2 Å². The van der Waals surface area contributed by atoms with Gasteiger partial charge in [-0.1, -0.05) is 17.2 Å². The molecule has 8 heteroatoms. The lowest BCUT2D eigenvalue weighted by molar-refractivity contribution is -0.384. The smallest absolute Gasteiger partial charge is 0.298 e. The number of pyridine rings is 1. The molecule has 29 heavy (non-hydrogen) atoms. The minimum atomic E-state index is -0.621. The zero-order chi connectivity index (χ0) is 21.6. The number of nitro groups is 1. The molecule has 0 aliphatic rings. The molecule has 8 nitrogen and oxygen atoms in total. The number of benzene rings is 1. The van der Waals surface area contributed by atoms with E-state index in [-0.39, 0.29) is 30.3 Å². The first-order chi connectivity index (χ1) is 13.8. The molecule has 0 unspecified atom stereocenters. The number of aromatic nitrogens is 1. The Hall–Kier alpha value is -3.42. The van der Waals surface area contributed by atoms with Crippen LogP contribution in [0.5, 0.6) is 11.5 Å². The number of nitro benzene ring substituents is 1. The molecule has 2 rings (SSSR count). The summed E-state index contributed by atoms with van der Waals surface area (Å²) >= 11 is 0. The molecule has 0 aliphatic carbocycles. The van der Waals surface area contributed by atoms with Crippen LogP contribution in [0.3, 0.4) is 0 Å². The van der Waals surface area contributed by atoms with Crippen LogP contribution in [0.1, 0.15) is 33.6 Å². The number of hydrogen-bond acceptors (Lipinski definition) is 6. The largest absolute Gasteiger partial charge is 0.485 e. The Balaban J connectivity index is 2.42. The second-order valence-electron chi connectivity index (χ2n) is 6.88. The summed E-state index contributed by atoms with van der Waals surface area (Å²) in [6.07, 6.45) is 5.83. The maximum atomic E-state index is 12.6. The van der Waals surface area contributed by atoms with Gasteiger partial charge in [-0.05, 0) is 45.8 Å². The lowest BCUT2D eigenvalue weighted by Crippen LogP contribution is -2.21. The number of carbonyl (C=O) groups is 1. The van der Waals surface area contributed by atoms with Crippen molar-refractivity contribution in [3.63, 3.8) is 0 Å². The zero-order valence-corrected chi connectivity index (χ0v) is 16.9. The molecule has 0 saturated heterocycles. The first kappa shape index (κ1) is 21.9. The zero-order valence-electron chi connectivity index (χ0n) is 16.9. The van der Waals surface area contributed by atoms with Gasteiger partial charge in [0.1, 0.15) is 6.61 Å². The Morgan fingerprint density at radius 2 is 1.93 bits per heavy atom. The highest BCUT2D eigenvalue weighted by molar-refractivity contribution is 5.89. The Morgan fingerprint density at radius 1 is 1.21 bits per heavy atom. The maximum absolute atomic E-state index is 12.6. The minimum absolute atomic E-state index is 0.0819. The third kappa shape index (κ3) is 5.31. The van der Waals surface area contributed by atoms with Gasteiger partial charge < -0.3 is 14.0 Å². The molecule has 0 fully saturated rings. The third-order valence-electron chi connectivity index (χ3n) is 4.42. The number of allylic oxidation sites excluding steroid dienone is 3. The Morgan fingerprint density at radius 3 is 2.55 bits per heavy atom. The van der Waals surface area contributed by atoms with E-state index < -0.39 is 10.5 Å². The molecule has 2 aromatic rings. The van der Waals surface area contributed by atoms with Gasteiger partial charge in [-0.2, -0.15) is 0 Å². The molecule has 0 saturated carbocycles. The summed E-state index contributed by atoms with van der Waals surface area (Å²) in [6.45, 7) is 6.39.